The second-order valence-electron chi connectivity index (χ2n) is 2.27. The molecule has 3 nitrogen and oxygen atoms in total. The fraction of sp³-hybridized carbons (Fsp3) is 0.375. The van der Waals surface area contributed by atoms with Gasteiger partial charge in [-0.15, -0.1) is 0 Å². The first-order chi connectivity index (χ1) is 5.27. The average molecular weight is 147 g/mol. The summed E-state index contributed by atoms with van der Waals surface area (Å²) in [5, 5.41) is 8.59. The van der Waals surface area contributed by atoms with Crippen molar-refractivity contribution in [1.82, 2.24) is 9.97 Å². The average Bonchev–Trinajstić information content (AvgIpc) is 2.04. The lowest BCUT2D eigenvalue weighted by Crippen LogP contribution is -1.97. The maximum absolute atomic E-state index is 8.59. The Morgan fingerprint density at radius 2 is 2.36 bits per heavy atom. The number of rotatable bonds is 1. The molecule has 0 bridgehead atoms. The minimum Gasteiger partial charge on any atom is -0.254 e. The molecule has 0 N–H and O–H groups in total. The van der Waals surface area contributed by atoms with Gasteiger partial charge in [0.2, 0.25) is 0 Å². The van der Waals surface area contributed by atoms with Crippen molar-refractivity contribution in [2.24, 2.45) is 0 Å². The van der Waals surface area contributed by atoms with E-state index < -0.39 is 0 Å². The predicted molar refractivity (Wildman–Crippen MR) is 40.9 cm³/mol. The van der Waals surface area contributed by atoms with Crippen LogP contribution in [0.1, 0.15) is 24.0 Å². The summed E-state index contributed by atoms with van der Waals surface area (Å²) in [5.41, 5.74) is 2.09. The first-order valence-corrected chi connectivity index (χ1v) is 3.50. The molecule has 0 atom stereocenters. The number of hydrogen-bond acceptors (Lipinski definition) is 3. The zero-order valence-electron chi connectivity index (χ0n) is 6.63. The Kier molecular flexibility index (Phi) is 2.17. The SMILES string of the molecule is CCc1nc(C)cnc1C#N. The number of aryl methyl sites for hydroxylation is 2. The van der Waals surface area contributed by atoms with E-state index in [1.807, 2.05) is 19.9 Å². The Bertz CT molecular complexity index is 299. The van der Waals surface area contributed by atoms with E-state index in [1.54, 1.807) is 6.20 Å². The lowest BCUT2D eigenvalue weighted by molar-refractivity contribution is 0.952. The topological polar surface area (TPSA) is 49.6 Å². The first kappa shape index (κ1) is 7.67. The highest BCUT2D eigenvalue weighted by Crippen LogP contribution is 2.02. The molecule has 11 heavy (non-hydrogen) atoms. The zero-order chi connectivity index (χ0) is 8.27. The van der Waals surface area contributed by atoms with Crippen LogP contribution in [0.2, 0.25) is 0 Å². The third-order valence-corrected chi connectivity index (χ3v) is 1.41. The molecule has 0 aromatic carbocycles. The lowest BCUT2D eigenvalue weighted by Gasteiger charge is -1.98. The van der Waals surface area contributed by atoms with E-state index in [0.717, 1.165) is 17.8 Å². The molecule has 1 heterocycles. The molecule has 56 valence electrons. The normalized spacial score (nSPS) is 9.18. The van der Waals surface area contributed by atoms with Crippen molar-refractivity contribution >= 4 is 0 Å². The monoisotopic (exact) mass is 147 g/mol. The summed E-state index contributed by atoms with van der Waals surface area (Å²) in [6.45, 7) is 3.83. The molecule has 0 spiro atoms. The van der Waals surface area contributed by atoms with Crippen LogP contribution in [0.3, 0.4) is 0 Å². The molecule has 1 aromatic rings. The highest BCUT2D eigenvalue weighted by molar-refractivity contribution is 5.25. The van der Waals surface area contributed by atoms with Gasteiger partial charge < -0.3 is 0 Å². The van der Waals surface area contributed by atoms with E-state index in [0.29, 0.717) is 5.69 Å². The van der Waals surface area contributed by atoms with Gasteiger partial charge in [-0.3, -0.25) is 4.98 Å². The van der Waals surface area contributed by atoms with Crippen molar-refractivity contribution in [1.29, 1.82) is 5.26 Å². The zero-order valence-corrected chi connectivity index (χ0v) is 6.63. The molecule has 0 saturated heterocycles. The Morgan fingerprint density at radius 1 is 1.64 bits per heavy atom. The summed E-state index contributed by atoms with van der Waals surface area (Å²) in [5.74, 6) is 0. The van der Waals surface area contributed by atoms with Crippen LogP contribution >= 0.6 is 0 Å². The van der Waals surface area contributed by atoms with Gasteiger partial charge in [-0.05, 0) is 13.3 Å². The van der Waals surface area contributed by atoms with Crippen LogP contribution in [-0.4, -0.2) is 9.97 Å². The minimum atomic E-state index is 0.443. The third-order valence-electron chi connectivity index (χ3n) is 1.41. The van der Waals surface area contributed by atoms with Crippen LogP contribution in [-0.2, 0) is 6.42 Å². The van der Waals surface area contributed by atoms with E-state index in [4.69, 9.17) is 5.26 Å². The lowest BCUT2D eigenvalue weighted by atomic mass is 10.2. The van der Waals surface area contributed by atoms with Gasteiger partial charge in [-0.2, -0.15) is 5.26 Å². The molecule has 1 aromatic heterocycles. The standard InChI is InChI=1S/C8H9N3/c1-3-7-8(4-9)10-5-6(2)11-7/h5H,3H2,1-2H3. The maximum Gasteiger partial charge on any atom is 0.161 e. The molecule has 0 saturated carbocycles. The Hall–Kier alpha value is -1.43. The van der Waals surface area contributed by atoms with Gasteiger partial charge in [-0.1, -0.05) is 6.92 Å². The van der Waals surface area contributed by atoms with Crippen molar-refractivity contribution in [3.05, 3.63) is 23.3 Å². The quantitative estimate of drug-likeness (QED) is 0.600. The predicted octanol–water partition coefficient (Wildman–Crippen LogP) is 1.22. The Balaban J connectivity index is 3.19. The Labute approximate surface area is 65.7 Å². The third kappa shape index (κ3) is 1.53. The number of hydrogen-bond donors (Lipinski definition) is 0. The van der Waals surface area contributed by atoms with Gasteiger partial charge in [0.05, 0.1) is 11.4 Å². The highest BCUT2D eigenvalue weighted by Gasteiger charge is 2.01. The maximum atomic E-state index is 8.59. The minimum absolute atomic E-state index is 0.443. The number of aromatic nitrogens is 2. The van der Waals surface area contributed by atoms with Gasteiger partial charge >= 0.3 is 0 Å². The first-order valence-electron chi connectivity index (χ1n) is 3.50. The number of nitrogens with zero attached hydrogens (tertiary/aromatic N) is 3. The van der Waals surface area contributed by atoms with E-state index in [9.17, 15) is 0 Å². The van der Waals surface area contributed by atoms with Crippen LogP contribution < -0.4 is 0 Å². The molecule has 0 aliphatic rings. The molecule has 3 heteroatoms. The molecule has 0 aliphatic heterocycles. The van der Waals surface area contributed by atoms with Crippen molar-refractivity contribution < 1.29 is 0 Å². The summed E-state index contributed by atoms with van der Waals surface area (Å²) in [6.07, 6.45) is 2.37. The fourth-order valence-corrected chi connectivity index (χ4v) is 0.867. The van der Waals surface area contributed by atoms with Crippen LogP contribution in [0.4, 0.5) is 0 Å². The van der Waals surface area contributed by atoms with E-state index in [1.165, 1.54) is 0 Å². The van der Waals surface area contributed by atoms with Gasteiger partial charge in [-0.25, -0.2) is 4.98 Å². The van der Waals surface area contributed by atoms with Crippen molar-refractivity contribution in [3.63, 3.8) is 0 Å². The highest BCUT2D eigenvalue weighted by atomic mass is 14.8. The van der Waals surface area contributed by atoms with Crippen LogP contribution in [0.5, 0.6) is 0 Å². The molecule has 0 fully saturated rings. The fourth-order valence-electron chi connectivity index (χ4n) is 0.867. The van der Waals surface area contributed by atoms with Crippen LogP contribution in [0.15, 0.2) is 6.20 Å². The van der Waals surface area contributed by atoms with Crippen molar-refractivity contribution in [2.45, 2.75) is 20.3 Å². The van der Waals surface area contributed by atoms with Gasteiger partial charge in [0.25, 0.3) is 0 Å². The van der Waals surface area contributed by atoms with Crippen LogP contribution in [0.25, 0.3) is 0 Å². The van der Waals surface area contributed by atoms with E-state index in [2.05, 4.69) is 9.97 Å². The molecule has 0 amide bonds. The van der Waals surface area contributed by atoms with E-state index in [-0.39, 0.29) is 0 Å². The van der Waals surface area contributed by atoms with Gasteiger partial charge in [0, 0.05) is 6.20 Å². The van der Waals surface area contributed by atoms with Gasteiger partial charge in [0.15, 0.2) is 5.69 Å². The second kappa shape index (κ2) is 3.11. The molecular formula is C8H9N3. The molecule has 0 aliphatic carbocycles. The molecule has 0 radical (unpaired) electrons. The van der Waals surface area contributed by atoms with Gasteiger partial charge in [0.1, 0.15) is 6.07 Å². The summed E-state index contributed by atoms with van der Waals surface area (Å²) in [6, 6.07) is 2.00. The summed E-state index contributed by atoms with van der Waals surface area (Å²) >= 11 is 0. The molecular weight excluding hydrogens is 138 g/mol. The largest absolute Gasteiger partial charge is 0.254 e. The second-order valence-corrected chi connectivity index (χ2v) is 2.27. The summed E-state index contributed by atoms with van der Waals surface area (Å²) in [4.78, 5) is 8.12. The van der Waals surface area contributed by atoms with Crippen LogP contribution in [0, 0.1) is 18.3 Å². The van der Waals surface area contributed by atoms with E-state index >= 15 is 0 Å². The van der Waals surface area contributed by atoms with Crippen molar-refractivity contribution in [2.75, 3.05) is 0 Å². The molecule has 0 unspecified atom stereocenters. The summed E-state index contributed by atoms with van der Waals surface area (Å²) < 4.78 is 0. The van der Waals surface area contributed by atoms with Crippen molar-refractivity contribution in [3.8, 4) is 6.07 Å². The Morgan fingerprint density at radius 3 is 2.91 bits per heavy atom. The smallest absolute Gasteiger partial charge is 0.161 e. The molecule has 1 rings (SSSR count). The summed E-state index contributed by atoms with van der Waals surface area (Å²) in [7, 11) is 0. The number of nitriles is 1.